The highest BCUT2D eigenvalue weighted by Crippen LogP contribution is 2.42. The molecule has 0 aromatic rings. The third-order valence-electron chi connectivity index (χ3n) is 6.39. The van der Waals surface area contributed by atoms with Gasteiger partial charge in [-0.2, -0.15) is 5.01 Å². The van der Waals surface area contributed by atoms with Crippen molar-refractivity contribution < 1.29 is 33.4 Å². The molecule has 1 aliphatic carbocycles. The minimum atomic E-state index is -1.09. The van der Waals surface area contributed by atoms with Crippen LogP contribution in [-0.4, -0.2) is 78.1 Å². The highest BCUT2D eigenvalue weighted by Gasteiger charge is 2.48. The first-order chi connectivity index (χ1) is 14.7. The van der Waals surface area contributed by atoms with Gasteiger partial charge in [0.2, 0.25) is 5.91 Å². The van der Waals surface area contributed by atoms with Crippen LogP contribution >= 0.6 is 0 Å². The summed E-state index contributed by atoms with van der Waals surface area (Å²) >= 11 is 0. The number of carbonyl (C=O) groups is 5. The Morgan fingerprint density at radius 1 is 1.16 bits per heavy atom. The number of imide groups is 1. The fourth-order valence-corrected chi connectivity index (χ4v) is 4.19. The molecule has 31 heavy (non-hydrogen) atoms. The zero-order valence-electron chi connectivity index (χ0n) is 18.0. The second-order valence-corrected chi connectivity index (χ2v) is 8.52. The van der Waals surface area contributed by atoms with Gasteiger partial charge in [0.15, 0.2) is 6.61 Å². The quantitative estimate of drug-likeness (QED) is 0.425. The highest BCUT2D eigenvalue weighted by atomic mass is 16.5. The van der Waals surface area contributed by atoms with Crippen molar-refractivity contribution in [3.05, 3.63) is 0 Å². The first kappa shape index (κ1) is 23.0. The number of carbonyl (C=O) groups excluding carboxylic acids is 5. The molecule has 11 heteroatoms. The molecule has 11 nitrogen and oxygen atoms in total. The number of nitrogens with zero attached hydrogens (tertiary/aromatic N) is 2. The van der Waals surface area contributed by atoms with Crippen LogP contribution in [-0.2, 0) is 28.7 Å². The summed E-state index contributed by atoms with van der Waals surface area (Å²) < 4.78 is 10.5. The number of hydrogen-bond acceptors (Lipinski definition) is 7. The predicted molar refractivity (Wildman–Crippen MR) is 106 cm³/mol. The van der Waals surface area contributed by atoms with E-state index in [2.05, 4.69) is 10.7 Å². The molecule has 2 aliphatic heterocycles. The summed E-state index contributed by atoms with van der Waals surface area (Å²) in [5, 5.41) is 3.12. The van der Waals surface area contributed by atoms with E-state index in [0.29, 0.717) is 50.6 Å². The topological polar surface area (TPSA) is 134 Å². The molecule has 0 spiro atoms. The molecule has 5 amide bonds. The second-order valence-electron chi connectivity index (χ2n) is 8.52. The van der Waals surface area contributed by atoms with Crippen molar-refractivity contribution in [2.75, 3.05) is 32.9 Å². The SMILES string of the molecule is CCC1(C)NC(=O)N(NC(=O)COC(=O)C2(CC(=O)N3CCOCC3)CCCC2)C1=O. The van der Waals surface area contributed by atoms with E-state index >= 15 is 0 Å². The van der Waals surface area contributed by atoms with E-state index in [0.717, 1.165) is 12.8 Å². The van der Waals surface area contributed by atoms with E-state index in [1.54, 1.807) is 18.7 Å². The molecule has 2 saturated heterocycles. The molecule has 2 heterocycles. The van der Waals surface area contributed by atoms with Crippen molar-refractivity contribution in [1.29, 1.82) is 0 Å². The molecule has 2 N–H and O–H groups in total. The Bertz CT molecular complexity index is 759. The van der Waals surface area contributed by atoms with Gasteiger partial charge in [0.1, 0.15) is 5.54 Å². The van der Waals surface area contributed by atoms with Crippen LogP contribution in [0.4, 0.5) is 4.79 Å². The number of rotatable bonds is 7. The Morgan fingerprint density at radius 3 is 2.39 bits per heavy atom. The molecule has 0 radical (unpaired) electrons. The van der Waals surface area contributed by atoms with Gasteiger partial charge in [0, 0.05) is 19.5 Å². The van der Waals surface area contributed by atoms with Crippen LogP contribution in [0.1, 0.15) is 52.4 Å². The Hall–Kier alpha value is -2.69. The number of amides is 5. The number of hydrazine groups is 1. The number of esters is 1. The fraction of sp³-hybridized carbons (Fsp3) is 0.750. The van der Waals surface area contributed by atoms with E-state index in [-0.39, 0.29) is 12.3 Å². The number of morpholine rings is 1. The van der Waals surface area contributed by atoms with Crippen LogP contribution in [0.3, 0.4) is 0 Å². The van der Waals surface area contributed by atoms with Gasteiger partial charge in [-0.3, -0.25) is 24.6 Å². The number of ether oxygens (including phenoxy) is 2. The molecule has 1 atom stereocenters. The molecular weight excluding hydrogens is 408 g/mol. The predicted octanol–water partition coefficient (Wildman–Crippen LogP) is 0.0906. The molecule has 3 fully saturated rings. The highest BCUT2D eigenvalue weighted by molar-refractivity contribution is 6.07. The lowest BCUT2D eigenvalue weighted by Gasteiger charge is -2.32. The van der Waals surface area contributed by atoms with Gasteiger partial charge in [-0.15, -0.1) is 0 Å². The van der Waals surface area contributed by atoms with Gasteiger partial charge in [0.05, 0.1) is 18.6 Å². The summed E-state index contributed by atoms with van der Waals surface area (Å²) in [4.78, 5) is 63.8. The minimum absolute atomic E-state index is 0.0370. The van der Waals surface area contributed by atoms with Crippen LogP contribution < -0.4 is 10.7 Å². The van der Waals surface area contributed by atoms with Gasteiger partial charge in [0.25, 0.3) is 11.8 Å². The van der Waals surface area contributed by atoms with Crippen LogP contribution in [0.5, 0.6) is 0 Å². The van der Waals surface area contributed by atoms with Crippen molar-refractivity contribution in [3.63, 3.8) is 0 Å². The zero-order chi connectivity index (χ0) is 22.6. The normalized spacial score (nSPS) is 25.4. The van der Waals surface area contributed by atoms with Crippen molar-refractivity contribution >= 4 is 29.7 Å². The van der Waals surface area contributed by atoms with E-state index in [9.17, 15) is 24.0 Å². The van der Waals surface area contributed by atoms with Crippen molar-refractivity contribution in [2.24, 2.45) is 5.41 Å². The summed E-state index contributed by atoms with van der Waals surface area (Å²) in [7, 11) is 0. The summed E-state index contributed by atoms with van der Waals surface area (Å²) in [5.74, 6) is -2.10. The largest absolute Gasteiger partial charge is 0.455 e. The van der Waals surface area contributed by atoms with Gasteiger partial charge < -0.3 is 19.7 Å². The minimum Gasteiger partial charge on any atom is -0.455 e. The molecule has 0 bridgehead atoms. The van der Waals surface area contributed by atoms with Gasteiger partial charge in [-0.25, -0.2) is 4.79 Å². The van der Waals surface area contributed by atoms with E-state index in [1.807, 2.05) is 0 Å². The van der Waals surface area contributed by atoms with Crippen molar-refractivity contribution in [1.82, 2.24) is 20.7 Å². The lowest BCUT2D eigenvalue weighted by molar-refractivity contribution is -0.163. The zero-order valence-corrected chi connectivity index (χ0v) is 18.0. The van der Waals surface area contributed by atoms with Gasteiger partial charge >= 0.3 is 12.0 Å². The van der Waals surface area contributed by atoms with Crippen LogP contribution in [0, 0.1) is 5.41 Å². The smallest absolute Gasteiger partial charge is 0.344 e. The first-order valence-electron chi connectivity index (χ1n) is 10.7. The summed E-state index contributed by atoms with van der Waals surface area (Å²) in [5.41, 5.74) is 0.150. The lowest BCUT2D eigenvalue weighted by atomic mass is 9.82. The van der Waals surface area contributed by atoms with E-state index in [1.165, 1.54) is 0 Å². The monoisotopic (exact) mass is 438 g/mol. The third-order valence-corrected chi connectivity index (χ3v) is 6.39. The average Bonchev–Trinajstić information content (AvgIpc) is 3.32. The van der Waals surface area contributed by atoms with E-state index in [4.69, 9.17) is 9.47 Å². The number of urea groups is 1. The van der Waals surface area contributed by atoms with Crippen LogP contribution in [0.25, 0.3) is 0 Å². The number of nitrogens with one attached hydrogen (secondary N) is 2. The van der Waals surface area contributed by atoms with E-state index < -0.39 is 41.4 Å². The molecule has 3 rings (SSSR count). The maximum Gasteiger partial charge on any atom is 0.344 e. The third kappa shape index (κ3) is 4.81. The van der Waals surface area contributed by atoms with Crippen LogP contribution in [0.15, 0.2) is 0 Å². The maximum absolute atomic E-state index is 12.8. The summed E-state index contributed by atoms with van der Waals surface area (Å²) in [6.45, 7) is 4.60. The number of hydrogen-bond donors (Lipinski definition) is 2. The fourth-order valence-electron chi connectivity index (χ4n) is 4.19. The summed E-state index contributed by atoms with van der Waals surface area (Å²) in [6, 6.07) is -0.739. The molecule has 172 valence electrons. The Morgan fingerprint density at radius 2 is 1.81 bits per heavy atom. The molecular formula is C20H30N4O7. The molecule has 0 aromatic carbocycles. The lowest BCUT2D eigenvalue weighted by Crippen LogP contribution is -2.50. The Kier molecular flexibility index (Phi) is 6.83. The molecule has 1 saturated carbocycles. The first-order valence-corrected chi connectivity index (χ1v) is 10.7. The molecule has 0 aromatic heterocycles. The Balaban J connectivity index is 1.55. The summed E-state index contributed by atoms with van der Waals surface area (Å²) in [6.07, 6.45) is 3.04. The van der Waals surface area contributed by atoms with Gasteiger partial charge in [-0.05, 0) is 26.2 Å². The second kappa shape index (κ2) is 9.21. The maximum atomic E-state index is 12.8. The van der Waals surface area contributed by atoms with Crippen LogP contribution in [0.2, 0.25) is 0 Å². The van der Waals surface area contributed by atoms with Crippen molar-refractivity contribution in [2.45, 2.75) is 57.9 Å². The van der Waals surface area contributed by atoms with Crippen molar-refractivity contribution in [3.8, 4) is 0 Å². The van der Waals surface area contributed by atoms with Gasteiger partial charge in [-0.1, -0.05) is 19.8 Å². The Labute approximate surface area is 180 Å². The average molecular weight is 438 g/mol. The molecule has 3 aliphatic rings. The molecule has 1 unspecified atom stereocenters. The standard InChI is InChI=1S/C20H30N4O7/c1-3-19(2)16(27)24(18(29)21-19)22-14(25)13-31-17(28)20(6-4-5-7-20)12-15(26)23-8-10-30-11-9-23/h3-13H2,1-2H3,(H,21,29)(H,22,25).